The van der Waals surface area contributed by atoms with Crippen molar-refractivity contribution in [2.24, 2.45) is 5.73 Å². The van der Waals surface area contributed by atoms with E-state index in [1.807, 2.05) is 0 Å². The van der Waals surface area contributed by atoms with Gasteiger partial charge in [0.15, 0.2) is 5.13 Å². The summed E-state index contributed by atoms with van der Waals surface area (Å²) in [5.41, 5.74) is 5.31. The number of aromatic nitrogens is 1. The molecule has 0 saturated heterocycles. The first kappa shape index (κ1) is 13.2. The maximum absolute atomic E-state index is 13.5. The van der Waals surface area contributed by atoms with Gasteiger partial charge in [0.1, 0.15) is 12.2 Å². The maximum Gasteiger partial charge on any atom is 0.235 e. The van der Waals surface area contributed by atoms with Crippen LogP contribution in [-0.2, 0) is 9.59 Å². The van der Waals surface area contributed by atoms with Crippen LogP contribution in [0.4, 0.5) is 9.52 Å². The van der Waals surface area contributed by atoms with E-state index in [0.717, 1.165) is 11.3 Å². The Kier molecular flexibility index (Phi) is 3.86. The maximum atomic E-state index is 13.5. The minimum atomic E-state index is -0.719. The fourth-order valence-corrected chi connectivity index (χ4v) is 2.30. The lowest BCUT2D eigenvalue weighted by atomic mass is 10.2. The predicted octanol–water partition coefficient (Wildman–Crippen LogP) is 1.76. The molecule has 0 aliphatic heterocycles. The first-order valence-corrected chi connectivity index (χ1v) is 6.17. The second-order valence-electron chi connectivity index (χ2n) is 3.70. The summed E-state index contributed by atoms with van der Waals surface area (Å²) in [6.07, 6.45) is 1.05. The number of carbonyl (C=O) groups is 2. The average molecular weight is 279 g/mol. The van der Waals surface area contributed by atoms with Crippen molar-refractivity contribution in [1.29, 1.82) is 0 Å². The van der Waals surface area contributed by atoms with Gasteiger partial charge in [0.25, 0.3) is 0 Å². The highest BCUT2D eigenvalue weighted by molar-refractivity contribution is 7.19. The van der Waals surface area contributed by atoms with Crippen molar-refractivity contribution < 1.29 is 14.0 Å². The average Bonchev–Trinajstić information content (AvgIpc) is 2.76. The summed E-state index contributed by atoms with van der Waals surface area (Å²) >= 11 is 1.12. The second-order valence-corrected chi connectivity index (χ2v) is 4.73. The molecule has 0 atom stereocenters. The van der Waals surface area contributed by atoms with E-state index in [1.165, 1.54) is 12.3 Å². The molecule has 1 aromatic carbocycles. The third kappa shape index (κ3) is 3.35. The molecule has 0 saturated carbocycles. The number of amides is 2. The fourth-order valence-electron chi connectivity index (χ4n) is 1.44. The van der Waals surface area contributed by atoms with Gasteiger partial charge in [0.2, 0.25) is 11.8 Å². The molecule has 2 rings (SSSR count). The van der Waals surface area contributed by atoms with Crippen molar-refractivity contribution >= 4 is 28.3 Å². The lowest BCUT2D eigenvalue weighted by molar-refractivity contribution is -0.124. The minimum Gasteiger partial charge on any atom is -0.369 e. The molecule has 7 heteroatoms. The van der Waals surface area contributed by atoms with Crippen LogP contribution < -0.4 is 11.1 Å². The fraction of sp³-hybridized carbons (Fsp3) is 0.0833. The van der Waals surface area contributed by atoms with Gasteiger partial charge >= 0.3 is 0 Å². The number of rotatable bonds is 4. The molecule has 5 nitrogen and oxygen atoms in total. The van der Waals surface area contributed by atoms with E-state index in [-0.39, 0.29) is 5.82 Å². The van der Waals surface area contributed by atoms with Crippen molar-refractivity contribution in [2.45, 2.75) is 6.42 Å². The smallest absolute Gasteiger partial charge is 0.235 e. The van der Waals surface area contributed by atoms with Gasteiger partial charge < -0.3 is 11.1 Å². The van der Waals surface area contributed by atoms with Crippen molar-refractivity contribution in [1.82, 2.24) is 4.98 Å². The predicted molar refractivity (Wildman–Crippen MR) is 69.9 cm³/mol. The number of carbonyl (C=O) groups excluding carboxylic acids is 2. The Morgan fingerprint density at radius 3 is 2.79 bits per heavy atom. The summed E-state index contributed by atoms with van der Waals surface area (Å²) in [5, 5.41) is 2.72. The number of anilines is 1. The standard InChI is InChI=1S/C12H10FN3O2S/c13-8-4-2-1-3-7(8)9-6-15-12(19-9)16-11(18)5-10(14)17/h1-4,6H,5H2,(H2,14,17)(H,15,16,18). The van der Waals surface area contributed by atoms with Crippen LogP contribution in [0.25, 0.3) is 10.4 Å². The highest BCUT2D eigenvalue weighted by Gasteiger charge is 2.11. The molecule has 1 aromatic heterocycles. The summed E-state index contributed by atoms with van der Waals surface area (Å²) in [5.74, 6) is -1.62. The summed E-state index contributed by atoms with van der Waals surface area (Å²) < 4.78 is 13.5. The highest BCUT2D eigenvalue weighted by atomic mass is 32.1. The molecule has 0 spiro atoms. The molecule has 0 bridgehead atoms. The number of benzene rings is 1. The first-order chi connectivity index (χ1) is 9.06. The van der Waals surface area contributed by atoms with E-state index < -0.39 is 18.2 Å². The van der Waals surface area contributed by atoms with Gasteiger partial charge in [-0.3, -0.25) is 9.59 Å². The van der Waals surface area contributed by atoms with Gasteiger partial charge in [0, 0.05) is 11.8 Å². The van der Waals surface area contributed by atoms with Crippen molar-refractivity contribution in [3.05, 3.63) is 36.3 Å². The van der Waals surface area contributed by atoms with Crippen LogP contribution in [0.5, 0.6) is 0 Å². The molecule has 0 unspecified atom stereocenters. The molecular weight excluding hydrogens is 269 g/mol. The highest BCUT2D eigenvalue weighted by Crippen LogP contribution is 2.30. The molecule has 98 valence electrons. The van der Waals surface area contributed by atoms with E-state index >= 15 is 0 Å². The molecule has 0 aliphatic carbocycles. The van der Waals surface area contributed by atoms with Gasteiger partial charge in [-0.1, -0.05) is 29.5 Å². The Morgan fingerprint density at radius 1 is 1.37 bits per heavy atom. The summed E-state index contributed by atoms with van der Waals surface area (Å²) in [7, 11) is 0. The van der Waals surface area contributed by atoms with Gasteiger partial charge in [-0.05, 0) is 6.07 Å². The van der Waals surface area contributed by atoms with Crippen LogP contribution in [0.3, 0.4) is 0 Å². The lowest BCUT2D eigenvalue weighted by Crippen LogP contribution is -2.21. The van der Waals surface area contributed by atoms with E-state index in [2.05, 4.69) is 10.3 Å². The Bertz CT molecular complexity index is 627. The zero-order valence-corrected chi connectivity index (χ0v) is 10.5. The second kappa shape index (κ2) is 5.57. The monoisotopic (exact) mass is 279 g/mol. The quantitative estimate of drug-likeness (QED) is 0.836. The Balaban J connectivity index is 2.14. The molecule has 19 heavy (non-hydrogen) atoms. The number of nitrogens with one attached hydrogen (secondary N) is 1. The number of thiazole rings is 1. The van der Waals surface area contributed by atoms with Crippen LogP contribution in [0.2, 0.25) is 0 Å². The third-order valence-electron chi connectivity index (χ3n) is 2.23. The summed E-state index contributed by atoms with van der Waals surface area (Å²) in [4.78, 5) is 26.4. The largest absolute Gasteiger partial charge is 0.369 e. The van der Waals surface area contributed by atoms with Gasteiger partial charge in [-0.25, -0.2) is 9.37 Å². The molecule has 0 radical (unpaired) electrons. The van der Waals surface area contributed by atoms with E-state index in [1.54, 1.807) is 18.2 Å². The molecule has 2 aromatic rings. The zero-order valence-electron chi connectivity index (χ0n) is 9.72. The summed E-state index contributed by atoms with van der Waals surface area (Å²) in [6, 6.07) is 6.27. The SMILES string of the molecule is NC(=O)CC(=O)Nc1ncc(-c2ccccc2F)s1. The van der Waals surface area contributed by atoms with Gasteiger partial charge in [0.05, 0.1) is 4.88 Å². The number of hydrogen-bond donors (Lipinski definition) is 2. The topological polar surface area (TPSA) is 85.1 Å². The van der Waals surface area contributed by atoms with Gasteiger partial charge in [-0.15, -0.1) is 0 Å². The van der Waals surface area contributed by atoms with Crippen LogP contribution in [0.1, 0.15) is 6.42 Å². The van der Waals surface area contributed by atoms with Crippen LogP contribution in [-0.4, -0.2) is 16.8 Å². The van der Waals surface area contributed by atoms with Crippen LogP contribution in [0.15, 0.2) is 30.5 Å². The minimum absolute atomic E-state index is 0.296. The molecule has 3 N–H and O–H groups in total. The zero-order chi connectivity index (χ0) is 13.8. The van der Waals surface area contributed by atoms with Gasteiger partial charge in [-0.2, -0.15) is 0 Å². The molecule has 2 amide bonds. The number of nitrogens with zero attached hydrogens (tertiary/aromatic N) is 1. The third-order valence-corrected chi connectivity index (χ3v) is 3.17. The first-order valence-electron chi connectivity index (χ1n) is 5.35. The van der Waals surface area contributed by atoms with Crippen LogP contribution >= 0.6 is 11.3 Å². The summed E-state index contributed by atoms with van der Waals surface area (Å²) in [6.45, 7) is 0. The van der Waals surface area contributed by atoms with Crippen molar-refractivity contribution in [3.8, 4) is 10.4 Å². The number of hydrogen-bond acceptors (Lipinski definition) is 4. The number of halogens is 1. The van der Waals surface area contributed by atoms with Crippen molar-refractivity contribution in [3.63, 3.8) is 0 Å². The molecule has 0 fully saturated rings. The van der Waals surface area contributed by atoms with Crippen LogP contribution in [0, 0.1) is 5.82 Å². The number of primary amides is 1. The lowest BCUT2D eigenvalue weighted by Gasteiger charge is -1.99. The number of nitrogens with two attached hydrogens (primary N) is 1. The van der Waals surface area contributed by atoms with E-state index in [9.17, 15) is 14.0 Å². The van der Waals surface area contributed by atoms with E-state index in [0.29, 0.717) is 15.6 Å². The molecular formula is C12H10FN3O2S. The Labute approximate surface area is 112 Å². The van der Waals surface area contributed by atoms with Crippen molar-refractivity contribution in [2.75, 3.05) is 5.32 Å². The Hall–Kier alpha value is -2.28. The molecule has 0 aliphatic rings. The molecule has 1 heterocycles. The van der Waals surface area contributed by atoms with E-state index in [4.69, 9.17) is 5.73 Å². The normalized spacial score (nSPS) is 10.2. The Morgan fingerprint density at radius 2 is 2.11 bits per heavy atom.